The van der Waals surface area contributed by atoms with Crippen LogP contribution in [0.2, 0.25) is 0 Å². The molecule has 0 aromatic heterocycles. The molecule has 7 nitrogen and oxygen atoms in total. The Morgan fingerprint density at radius 1 is 1.28 bits per heavy atom. The van der Waals surface area contributed by atoms with Crippen LogP contribution in [0, 0.1) is 0 Å². The summed E-state index contributed by atoms with van der Waals surface area (Å²) in [5, 5.41) is 20.9. The number of benzene rings is 1. The summed E-state index contributed by atoms with van der Waals surface area (Å²) in [5.74, 6) is -1.58. The molecule has 0 aliphatic carbocycles. The van der Waals surface area contributed by atoms with Gasteiger partial charge in [0.05, 0.1) is 6.42 Å². The Kier molecular flexibility index (Phi) is 5.78. The molecule has 0 bridgehead atoms. The standard InChI is InChI=1S/C16H18N2O5S.Na.H/c1-16(2)12(15(22)23)18-13(21)11(14(18)24-16)17-10(20)7-8-3-5-9(19)6-4-8;;/h3-6,11-12,14,19H,7H2,1-2H3,(H,17,20)(H,22,23);;/t11-,12+,14-;;/m1../s1. The second-order valence-electron chi connectivity index (χ2n) is 6.49. The number of amides is 2. The molecule has 1 aromatic carbocycles. The van der Waals surface area contributed by atoms with E-state index in [0.717, 1.165) is 5.56 Å². The zero-order valence-electron chi connectivity index (χ0n) is 13.2. The number of hydrogen-bond donors (Lipinski definition) is 3. The molecule has 9 heteroatoms. The first-order valence-corrected chi connectivity index (χ1v) is 8.39. The molecule has 0 unspecified atom stereocenters. The average molecular weight is 374 g/mol. The Hall–Kier alpha value is -1.22. The molecule has 0 radical (unpaired) electrons. The minimum absolute atomic E-state index is 0. The van der Waals surface area contributed by atoms with Gasteiger partial charge < -0.3 is 20.4 Å². The number of phenolic OH excluding ortho intramolecular Hbond substituents is 1. The third-order valence-corrected chi connectivity index (χ3v) is 5.86. The number of nitrogens with one attached hydrogen (secondary N) is 1. The summed E-state index contributed by atoms with van der Waals surface area (Å²) in [4.78, 5) is 37.2. The van der Waals surface area contributed by atoms with Crippen molar-refractivity contribution in [3.05, 3.63) is 29.8 Å². The molecule has 2 fully saturated rings. The van der Waals surface area contributed by atoms with Gasteiger partial charge >= 0.3 is 35.5 Å². The van der Waals surface area contributed by atoms with Crippen molar-refractivity contribution in [3.8, 4) is 5.75 Å². The first kappa shape index (κ1) is 20.1. The quantitative estimate of drug-likeness (QED) is 0.503. The molecule has 0 spiro atoms. The predicted molar refractivity (Wildman–Crippen MR) is 94.6 cm³/mol. The Morgan fingerprint density at radius 3 is 2.44 bits per heavy atom. The molecule has 2 amide bonds. The van der Waals surface area contributed by atoms with Crippen LogP contribution >= 0.6 is 11.8 Å². The number of aliphatic carboxylic acids is 1. The van der Waals surface area contributed by atoms with Crippen molar-refractivity contribution < 1.29 is 24.6 Å². The molecule has 2 saturated heterocycles. The number of carboxylic acids is 1. The maximum absolute atomic E-state index is 12.3. The van der Waals surface area contributed by atoms with Gasteiger partial charge in [0.25, 0.3) is 0 Å². The topological polar surface area (TPSA) is 107 Å². The van der Waals surface area contributed by atoms with E-state index in [9.17, 15) is 24.6 Å². The van der Waals surface area contributed by atoms with Crippen LogP contribution in [0.3, 0.4) is 0 Å². The van der Waals surface area contributed by atoms with E-state index in [0.29, 0.717) is 0 Å². The van der Waals surface area contributed by atoms with Gasteiger partial charge in [0, 0.05) is 4.75 Å². The number of rotatable bonds is 4. The van der Waals surface area contributed by atoms with Crippen LogP contribution in [0.15, 0.2) is 24.3 Å². The molecule has 25 heavy (non-hydrogen) atoms. The number of fused-ring (bicyclic) bond motifs is 1. The molecular formula is C16H19N2NaO5S. The van der Waals surface area contributed by atoms with E-state index in [1.165, 1.54) is 28.8 Å². The molecule has 2 aliphatic heterocycles. The fraction of sp³-hybridized carbons (Fsp3) is 0.438. The number of carbonyl (C=O) groups excluding carboxylic acids is 2. The third kappa shape index (κ3) is 3.67. The summed E-state index contributed by atoms with van der Waals surface area (Å²) in [6, 6.07) is 4.68. The summed E-state index contributed by atoms with van der Waals surface area (Å²) < 4.78 is -0.609. The second-order valence-corrected chi connectivity index (χ2v) is 8.26. The number of nitrogens with zero attached hydrogens (tertiary/aromatic N) is 1. The second kappa shape index (κ2) is 7.19. The number of β-lactam (4-membered cyclic amide) rings is 1. The fourth-order valence-corrected chi connectivity index (χ4v) is 4.79. The van der Waals surface area contributed by atoms with E-state index in [4.69, 9.17) is 0 Å². The summed E-state index contributed by atoms with van der Waals surface area (Å²) in [6.07, 6.45) is 0.0905. The number of carboxylic acid groups (broad SMARTS) is 1. The van der Waals surface area contributed by atoms with Gasteiger partial charge in [-0.25, -0.2) is 4.79 Å². The van der Waals surface area contributed by atoms with Crippen molar-refractivity contribution in [2.24, 2.45) is 0 Å². The minimum atomic E-state index is -1.03. The van der Waals surface area contributed by atoms with Crippen molar-refractivity contribution in [1.82, 2.24) is 10.2 Å². The molecule has 0 saturated carbocycles. The Labute approximate surface area is 171 Å². The van der Waals surface area contributed by atoms with E-state index in [1.807, 2.05) is 0 Å². The van der Waals surface area contributed by atoms with Crippen LogP contribution in [-0.4, -0.2) is 84.7 Å². The van der Waals surface area contributed by atoms with Gasteiger partial charge in [0.1, 0.15) is 23.2 Å². The zero-order chi connectivity index (χ0) is 17.6. The van der Waals surface area contributed by atoms with Crippen LogP contribution in [0.1, 0.15) is 19.4 Å². The molecular weight excluding hydrogens is 355 g/mol. The number of thioether (sulfide) groups is 1. The normalized spacial score (nSPS) is 26.2. The van der Waals surface area contributed by atoms with Gasteiger partial charge in [-0.2, -0.15) is 0 Å². The average Bonchev–Trinajstić information content (AvgIpc) is 2.76. The van der Waals surface area contributed by atoms with Gasteiger partial charge in [-0.3, -0.25) is 9.59 Å². The number of aromatic hydroxyl groups is 1. The van der Waals surface area contributed by atoms with Gasteiger partial charge in [-0.15, -0.1) is 11.8 Å². The summed E-state index contributed by atoms with van der Waals surface area (Å²) in [6.45, 7) is 3.58. The van der Waals surface area contributed by atoms with Crippen LogP contribution < -0.4 is 5.32 Å². The molecule has 3 atom stereocenters. The van der Waals surface area contributed by atoms with Gasteiger partial charge in [-0.1, -0.05) is 12.1 Å². The van der Waals surface area contributed by atoms with Crippen molar-refractivity contribution in [2.45, 2.75) is 42.5 Å². The Morgan fingerprint density at radius 2 is 1.88 bits per heavy atom. The number of carbonyl (C=O) groups is 3. The van der Waals surface area contributed by atoms with E-state index in [1.54, 1.807) is 26.0 Å². The molecule has 3 rings (SSSR count). The van der Waals surface area contributed by atoms with E-state index >= 15 is 0 Å². The molecule has 130 valence electrons. The number of hydrogen-bond acceptors (Lipinski definition) is 5. The summed E-state index contributed by atoms with van der Waals surface area (Å²) in [5.41, 5.74) is 0.719. The van der Waals surface area contributed by atoms with Crippen molar-refractivity contribution in [2.75, 3.05) is 0 Å². The van der Waals surface area contributed by atoms with Crippen LogP contribution in [0.25, 0.3) is 0 Å². The zero-order valence-corrected chi connectivity index (χ0v) is 14.0. The predicted octanol–water partition coefficient (Wildman–Crippen LogP) is -0.0821. The molecule has 3 N–H and O–H groups in total. The fourth-order valence-electron chi connectivity index (χ4n) is 3.17. The molecule has 2 aliphatic rings. The van der Waals surface area contributed by atoms with Gasteiger partial charge in [-0.05, 0) is 31.5 Å². The molecule has 2 heterocycles. The number of phenols is 1. The van der Waals surface area contributed by atoms with Crippen molar-refractivity contribution in [1.29, 1.82) is 0 Å². The van der Waals surface area contributed by atoms with Crippen molar-refractivity contribution >= 4 is 59.1 Å². The van der Waals surface area contributed by atoms with E-state index < -0.39 is 22.8 Å². The monoisotopic (exact) mass is 374 g/mol. The first-order chi connectivity index (χ1) is 11.2. The Bertz CT molecular complexity index is 709. The van der Waals surface area contributed by atoms with Crippen LogP contribution in [0.5, 0.6) is 5.75 Å². The summed E-state index contributed by atoms with van der Waals surface area (Å²) in [7, 11) is 0. The summed E-state index contributed by atoms with van der Waals surface area (Å²) >= 11 is 1.39. The van der Waals surface area contributed by atoms with E-state index in [2.05, 4.69) is 5.32 Å². The van der Waals surface area contributed by atoms with Crippen LogP contribution in [0.4, 0.5) is 0 Å². The third-order valence-electron chi connectivity index (χ3n) is 4.29. The SMILES string of the molecule is CC1(C)S[C@@H]2[C@H](NC(=O)Cc3ccc(O)cc3)C(=O)N2[C@H]1C(=O)O.[NaH]. The van der Waals surface area contributed by atoms with Crippen molar-refractivity contribution in [3.63, 3.8) is 0 Å². The maximum atomic E-state index is 12.3. The molecule has 1 aromatic rings. The Balaban J connectivity index is 0.00000225. The van der Waals surface area contributed by atoms with Crippen LogP contribution in [-0.2, 0) is 20.8 Å². The first-order valence-electron chi connectivity index (χ1n) is 7.51. The van der Waals surface area contributed by atoms with Gasteiger partial charge in [0.2, 0.25) is 11.8 Å². The van der Waals surface area contributed by atoms with Gasteiger partial charge in [0.15, 0.2) is 0 Å². The van der Waals surface area contributed by atoms with E-state index in [-0.39, 0.29) is 58.9 Å².